The Kier molecular flexibility index (Phi) is 2.69. The maximum atomic E-state index is 12.0. The number of nitrogens with zero attached hydrogens (tertiary/aromatic N) is 1. The van der Waals surface area contributed by atoms with Gasteiger partial charge in [-0.25, -0.2) is 0 Å². The minimum Gasteiger partial charge on any atom is -0.398 e. The summed E-state index contributed by atoms with van der Waals surface area (Å²) in [7, 11) is 1.83. The fraction of sp³-hybridized carbons (Fsp3) is 0.364. The van der Waals surface area contributed by atoms with Crippen LogP contribution in [0.4, 0.5) is 5.69 Å². The van der Waals surface area contributed by atoms with Gasteiger partial charge in [0.1, 0.15) is 0 Å². The standard InChI is InChI=1S/C11H13BrN2O/c1-14(8-3-4-8)11(15)9-6-7(12)2-5-10(9)13/h2,5-6,8H,3-4,13H2,1H3. The highest BCUT2D eigenvalue weighted by molar-refractivity contribution is 9.10. The van der Waals surface area contributed by atoms with Crippen molar-refractivity contribution < 1.29 is 4.79 Å². The minimum atomic E-state index is 0.0105. The third-order valence-electron chi connectivity index (χ3n) is 2.66. The van der Waals surface area contributed by atoms with Crippen LogP contribution in [0.1, 0.15) is 23.2 Å². The Balaban J connectivity index is 2.27. The molecule has 1 saturated carbocycles. The maximum absolute atomic E-state index is 12.0. The van der Waals surface area contributed by atoms with E-state index in [9.17, 15) is 4.79 Å². The van der Waals surface area contributed by atoms with E-state index < -0.39 is 0 Å². The first kappa shape index (κ1) is 10.5. The molecule has 2 N–H and O–H groups in total. The molecular formula is C11H13BrN2O. The molecule has 1 aromatic carbocycles. The molecule has 1 amide bonds. The van der Waals surface area contributed by atoms with Crippen LogP contribution in [-0.2, 0) is 0 Å². The molecule has 1 aliphatic carbocycles. The van der Waals surface area contributed by atoms with Crippen molar-refractivity contribution in [3.8, 4) is 0 Å². The van der Waals surface area contributed by atoms with Crippen LogP contribution in [-0.4, -0.2) is 23.9 Å². The van der Waals surface area contributed by atoms with Gasteiger partial charge in [0.25, 0.3) is 5.91 Å². The minimum absolute atomic E-state index is 0.0105. The summed E-state index contributed by atoms with van der Waals surface area (Å²) < 4.78 is 0.879. The maximum Gasteiger partial charge on any atom is 0.255 e. The number of halogens is 1. The summed E-state index contributed by atoms with van der Waals surface area (Å²) >= 11 is 3.34. The number of anilines is 1. The van der Waals surface area contributed by atoms with Gasteiger partial charge >= 0.3 is 0 Å². The number of nitrogen functional groups attached to an aromatic ring is 1. The van der Waals surface area contributed by atoms with Crippen LogP contribution in [0.15, 0.2) is 22.7 Å². The van der Waals surface area contributed by atoms with E-state index in [2.05, 4.69) is 15.9 Å². The van der Waals surface area contributed by atoms with E-state index in [1.165, 1.54) is 0 Å². The molecule has 15 heavy (non-hydrogen) atoms. The van der Waals surface area contributed by atoms with Gasteiger partial charge in [0.05, 0.1) is 5.56 Å². The molecule has 1 aliphatic rings. The highest BCUT2D eigenvalue weighted by atomic mass is 79.9. The van der Waals surface area contributed by atoms with Crippen molar-refractivity contribution in [1.82, 2.24) is 4.90 Å². The number of nitrogens with two attached hydrogens (primary N) is 1. The van der Waals surface area contributed by atoms with E-state index in [1.807, 2.05) is 13.1 Å². The van der Waals surface area contributed by atoms with Crippen molar-refractivity contribution in [2.75, 3.05) is 12.8 Å². The summed E-state index contributed by atoms with van der Waals surface area (Å²) in [5, 5.41) is 0. The Labute approximate surface area is 97.4 Å². The predicted octanol–water partition coefficient (Wildman–Crippen LogP) is 2.27. The quantitative estimate of drug-likeness (QED) is 0.837. The van der Waals surface area contributed by atoms with Crippen molar-refractivity contribution in [3.63, 3.8) is 0 Å². The normalized spacial score (nSPS) is 15.1. The Hall–Kier alpha value is -1.03. The molecule has 0 spiro atoms. The van der Waals surface area contributed by atoms with Crippen molar-refractivity contribution in [1.29, 1.82) is 0 Å². The second-order valence-corrected chi connectivity index (χ2v) is 4.79. The van der Waals surface area contributed by atoms with E-state index in [1.54, 1.807) is 17.0 Å². The summed E-state index contributed by atoms with van der Waals surface area (Å²) in [5.41, 5.74) is 6.90. The van der Waals surface area contributed by atoms with Crippen molar-refractivity contribution in [2.45, 2.75) is 18.9 Å². The molecule has 3 nitrogen and oxygen atoms in total. The number of rotatable bonds is 2. The molecule has 4 heteroatoms. The second kappa shape index (κ2) is 3.85. The highest BCUT2D eigenvalue weighted by Gasteiger charge is 2.30. The molecule has 2 rings (SSSR count). The lowest BCUT2D eigenvalue weighted by atomic mass is 10.1. The van der Waals surface area contributed by atoms with Gasteiger partial charge in [-0.2, -0.15) is 0 Å². The summed E-state index contributed by atoms with van der Waals surface area (Å²) in [6.45, 7) is 0. The zero-order chi connectivity index (χ0) is 11.0. The van der Waals surface area contributed by atoms with Gasteiger partial charge in [-0.15, -0.1) is 0 Å². The summed E-state index contributed by atoms with van der Waals surface area (Å²) in [5.74, 6) is 0.0105. The lowest BCUT2D eigenvalue weighted by molar-refractivity contribution is 0.0786. The van der Waals surface area contributed by atoms with Gasteiger partial charge in [0.15, 0.2) is 0 Å². The van der Waals surface area contributed by atoms with Crippen LogP contribution in [0.2, 0.25) is 0 Å². The van der Waals surface area contributed by atoms with Gasteiger partial charge in [0, 0.05) is 23.2 Å². The number of hydrogen-bond donors (Lipinski definition) is 1. The van der Waals surface area contributed by atoms with Gasteiger partial charge < -0.3 is 10.6 Å². The first-order valence-electron chi connectivity index (χ1n) is 4.92. The van der Waals surface area contributed by atoms with Gasteiger partial charge in [-0.05, 0) is 31.0 Å². The molecule has 0 heterocycles. The number of carbonyl (C=O) groups excluding carboxylic acids is 1. The second-order valence-electron chi connectivity index (χ2n) is 3.88. The number of carbonyl (C=O) groups is 1. The van der Waals surface area contributed by atoms with Crippen LogP contribution < -0.4 is 5.73 Å². The molecule has 0 saturated heterocycles. The average Bonchev–Trinajstić information content (AvgIpc) is 3.03. The largest absolute Gasteiger partial charge is 0.398 e. The van der Waals surface area contributed by atoms with Crippen molar-refractivity contribution in [2.24, 2.45) is 0 Å². The third-order valence-corrected chi connectivity index (χ3v) is 3.15. The Morgan fingerprint density at radius 3 is 2.80 bits per heavy atom. The highest BCUT2D eigenvalue weighted by Crippen LogP contribution is 2.28. The van der Waals surface area contributed by atoms with Crippen LogP contribution in [0.25, 0.3) is 0 Å². The monoisotopic (exact) mass is 268 g/mol. The van der Waals surface area contributed by atoms with Crippen molar-refractivity contribution >= 4 is 27.5 Å². The summed E-state index contributed by atoms with van der Waals surface area (Å²) in [4.78, 5) is 13.8. The molecule has 1 aromatic rings. The summed E-state index contributed by atoms with van der Waals surface area (Å²) in [6.07, 6.45) is 2.21. The Morgan fingerprint density at radius 2 is 2.20 bits per heavy atom. The van der Waals surface area contributed by atoms with E-state index in [-0.39, 0.29) is 5.91 Å². The van der Waals surface area contributed by atoms with Gasteiger partial charge in [-0.1, -0.05) is 15.9 Å². The Morgan fingerprint density at radius 1 is 1.53 bits per heavy atom. The zero-order valence-electron chi connectivity index (χ0n) is 8.53. The fourth-order valence-corrected chi connectivity index (χ4v) is 1.89. The first-order chi connectivity index (χ1) is 7.09. The molecule has 0 unspecified atom stereocenters. The fourth-order valence-electron chi connectivity index (χ4n) is 1.53. The molecule has 80 valence electrons. The van der Waals surface area contributed by atoms with E-state index >= 15 is 0 Å². The SMILES string of the molecule is CN(C(=O)c1cc(Br)ccc1N)C1CC1. The number of benzene rings is 1. The number of hydrogen-bond acceptors (Lipinski definition) is 2. The first-order valence-corrected chi connectivity index (χ1v) is 5.71. The van der Waals surface area contributed by atoms with Gasteiger partial charge in [0.2, 0.25) is 0 Å². The molecule has 0 bridgehead atoms. The van der Waals surface area contributed by atoms with Crippen LogP contribution in [0.5, 0.6) is 0 Å². The average molecular weight is 269 g/mol. The Bertz CT molecular complexity index is 402. The van der Waals surface area contributed by atoms with Gasteiger partial charge in [-0.3, -0.25) is 4.79 Å². The van der Waals surface area contributed by atoms with Crippen LogP contribution >= 0.6 is 15.9 Å². The number of amides is 1. The summed E-state index contributed by atoms with van der Waals surface area (Å²) in [6, 6.07) is 5.77. The third kappa shape index (κ3) is 2.15. The molecule has 0 atom stereocenters. The van der Waals surface area contributed by atoms with E-state index in [4.69, 9.17) is 5.73 Å². The smallest absolute Gasteiger partial charge is 0.255 e. The predicted molar refractivity (Wildman–Crippen MR) is 63.7 cm³/mol. The molecule has 0 aromatic heterocycles. The van der Waals surface area contributed by atoms with Crippen LogP contribution in [0, 0.1) is 0 Å². The van der Waals surface area contributed by atoms with E-state index in [0.717, 1.165) is 17.3 Å². The lowest BCUT2D eigenvalue weighted by Gasteiger charge is -2.17. The van der Waals surface area contributed by atoms with Crippen LogP contribution in [0.3, 0.4) is 0 Å². The molecule has 1 fully saturated rings. The lowest BCUT2D eigenvalue weighted by Crippen LogP contribution is -2.29. The molecular weight excluding hydrogens is 256 g/mol. The zero-order valence-corrected chi connectivity index (χ0v) is 10.1. The van der Waals surface area contributed by atoms with E-state index in [0.29, 0.717) is 17.3 Å². The molecule has 0 aliphatic heterocycles. The topological polar surface area (TPSA) is 46.3 Å². The molecule has 0 radical (unpaired) electrons. The van der Waals surface area contributed by atoms with Crippen molar-refractivity contribution in [3.05, 3.63) is 28.2 Å².